The van der Waals surface area contributed by atoms with Gasteiger partial charge in [-0.3, -0.25) is 4.79 Å². The molecule has 0 saturated heterocycles. The van der Waals surface area contributed by atoms with Crippen molar-refractivity contribution in [2.45, 2.75) is 44.7 Å². The van der Waals surface area contributed by atoms with Crippen molar-refractivity contribution in [3.05, 3.63) is 29.3 Å². The molecule has 0 aliphatic heterocycles. The number of methoxy groups -OCH3 is 1. The summed E-state index contributed by atoms with van der Waals surface area (Å²) in [5.41, 5.74) is 2.07. The molecule has 1 saturated carbocycles. The molecule has 0 bridgehead atoms. The van der Waals surface area contributed by atoms with Crippen molar-refractivity contribution in [3.8, 4) is 5.75 Å². The van der Waals surface area contributed by atoms with E-state index in [0.717, 1.165) is 36.1 Å². The van der Waals surface area contributed by atoms with Gasteiger partial charge in [0.05, 0.1) is 13.5 Å². The van der Waals surface area contributed by atoms with E-state index in [2.05, 4.69) is 11.4 Å². The molecule has 0 unspecified atom stereocenters. The van der Waals surface area contributed by atoms with E-state index < -0.39 is 5.97 Å². The first-order valence-electron chi connectivity index (χ1n) is 6.65. The minimum atomic E-state index is -0.724. The number of carboxylic acid groups (broad SMARTS) is 1. The van der Waals surface area contributed by atoms with Gasteiger partial charge in [-0.2, -0.15) is 0 Å². The Bertz CT molecular complexity index is 466. The molecule has 0 atom stereocenters. The standard InChI is InChI=1S/C15H21NO3/c1-11-8-12(4-5-13(11)19-2)10-16-15(6-3-7-15)9-14(17)18/h4-5,8,16H,3,6-7,9-10H2,1-2H3,(H,17,18). The van der Waals surface area contributed by atoms with Crippen molar-refractivity contribution in [1.82, 2.24) is 5.32 Å². The van der Waals surface area contributed by atoms with E-state index in [1.54, 1.807) is 7.11 Å². The first-order valence-corrected chi connectivity index (χ1v) is 6.65. The van der Waals surface area contributed by atoms with Gasteiger partial charge in [-0.1, -0.05) is 12.1 Å². The first-order chi connectivity index (χ1) is 9.04. The van der Waals surface area contributed by atoms with E-state index in [1.807, 2.05) is 19.1 Å². The number of nitrogens with one attached hydrogen (secondary N) is 1. The third-order valence-electron chi connectivity index (χ3n) is 3.93. The average Bonchev–Trinajstić information content (AvgIpc) is 2.32. The van der Waals surface area contributed by atoms with Crippen LogP contribution < -0.4 is 10.1 Å². The topological polar surface area (TPSA) is 58.6 Å². The number of aryl methyl sites for hydroxylation is 1. The number of ether oxygens (including phenoxy) is 1. The molecule has 0 radical (unpaired) electrons. The van der Waals surface area contributed by atoms with Crippen LogP contribution in [0.25, 0.3) is 0 Å². The molecule has 0 spiro atoms. The maximum Gasteiger partial charge on any atom is 0.305 e. The molecule has 2 N–H and O–H groups in total. The molecule has 1 aromatic rings. The van der Waals surface area contributed by atoms with Crippen LogP contribution in [0.4, 0.5) is 0 Å². The number of hydrogen-bond acceptors (Lipinski definition) is 3. The lowest BCUT2D eigenvalue weighted by atomic mass is 9.74. The smallest absolute Gasteiger partial charge is 0.305 e. The van der Waals surface area contributed by atoms with E-state index in [-0.39, 0.29) is 12.0 Å². The van der Waals surface area contributed by atoms with Crippen molar-refractivity contribution in [1.29, 1.82) is 0 Å². The van der Waals surface area contributed by atoms with E-state index in [9.17, 15) is 4.79 Å². The quantitative estimate of drug-likeness (QED) is 0.828. The highest BCUT2D eigenvalue weighted by Crippen LogP contribution is 2.35. The van der Waals surface area contributed by atoms with Crippen LogP contribution in [-0.4, -0.2) is 23.7 Å². The molecule has 1 aliphatic rings. The van der Waals surface area contributed by atoms with Gasteiger partial charge in [0.15, 0.2) is 0 Å². The van der Waals surface area contributed by atoms with Gasteiger partial charge in [-0.25, -0.2) is 0 Å². The van der Waals surface area contributed by atoms with Gasteiger partial charge in [0.1, 0.15) is 5.75 Å². The van der Waals surface area contributed by atoms with Crippen LogP contribution in [0.5, 0.6) is 5.75 Å². The summed E-state index contributed by atoms with van der Waals surface area (Å²) in [5.74, 6) is 0.158. The fourth-order valence-corrected chi connectivity index (χ4v) is 2.65. The summed E-state index contributed by atoms with van der Waals surface area (Å²) < 4.78 is 5.23. The van der Waals surface area contributed by atoms with Crippen molar-refractivity contribution in [3.63, 3.8) is 0 Å². The molecule has 1 fully saturated rings. The van der Waals surface area contributed by atoms with Gasteiger partial charge in [-0.15, -0.1) is 0 Å². The molecule has 2 rings (SSSR count). The van der Waals surface area contributed by atoms with Crippen LogP contribution in [-0.2, 0) is 11.3 Å². The molecule has 0 aromatic heterocycles. The molecule has 1 aromatic carbocycles. The number of benzene rings is 1. The van der Waals surface area contributed by atoms with Gasteiger partial charge < -0.3 is 15.2 Å². The summed E-state index contributed by atoms with van der Waals surface area (Å²) in [6.07, 6.45) is 3.23. The SMILES string of the molecule is COc1ccc(CNC2(CC(=O)O)CCC2)cc1C. The number of carbonyl (C=O) groups is 1. The Balaban J connectivity index is 1.98. The highest BCUT2D eigenvalue weighted by molar-refractivity contribution is 5.68. The lowest BCUT2D eigenvalue weighted by Gasteiger charge is -2.42. The second-order valence-electron chi connectivity index (χ2n) is 5.36. The predicted octanol–water partition coefficient (Wildman–Crippen LogP) is 2.49. The summed E-state index contributed by atoms with van der Waals surface area (Å²) in [5, 5.41) is 12.4. The largest absolute Gasteiger partial charge is 0.496 e. The maximum absolute atomic E-state index is 10.9. The average molecular weight is 263 g/mol. The Morgan fingerprint density at radius 2 is 2.21 bits per heavy atom. The summed E-state index contributed by atoms with van der Waals surface area (Å²) in [7, 11) is 1.66. The molecule has 4 nitrogen and oxygen atoms in total. The highest BCUT2D eigenvalue weighted by atomic mass is 16.5. The van der Waals surface area contributed by atoms with E-state index in [4.69, 9.17) is 9.84 Å². The van der Waals surface area contributed by atoms with Crippen molar-refractivity contribution >= 4 is 5.97 Å². The van der Waals surface area contributed by atoms with Crippen LogP contribution in [0.2, 0.25) is 0 Å². The molecular formula is C15H21NO3. The second kappa shape index (κ2) is 5.61. The third kappa shape index (κ3) is 3.26. The van der Waals surface area contributed by atoms with E-state index in [1.165, 1.54) is 0 Å². The minimum absolute atomic E-state index is 0.195. The fourth-order valence-electron chi connectivity index (χ4n) is 2.65. The molecule has 1 aliphatic carbocycles. The molecule has 0 amide bonds. The number of carboxylic acids is 1. The highest BCUT2D eigenvalue weighted by Gasteiger charge is 2.38. The van der Waals surface area contributed by atoms with Gasteiger partial charge >= 0.3 is 5.97 Å². The summed E-state index contributed by atoms with van der Waals surface area (Å²) in [6, 6.07) is 6.06. The Kier molecular flexibility index (Phi) is 4.10. The first kappa shape index (κ1) is 13.9. The van der Waals surface area contributed by atoms with Crippen molar-refractivity contribution in [2.24, 2.45) is 0 Å². The van der Waals surface area contributed by atoms with Crippen LogP contribution in [0, 0.1) is 6.92 Å². The maximum atomic E-state index is 10.9. The van der Waals surface area contributed by atoms with Crippen LogP contribution in [0.15, 0.2) is 18.2 Å². The zero-order valence-corrected chi connectivity index (χ0v) is 11.5. The fraction of sp³-hybridized carbons (Fsp3) is 0.533. The minimum Gasteiger partial charge on any atom is -0.496 e. The molecule has 0 heterocycles. The number of aliphatic carboxylic acids is 1. The lowest BCUT2D eigenvalue weighted by Crippen LogP contribution is -2.51. The van der Waals surface area contributed by atoms with Gasteiger partial charge in [-0.05, 0) is 43.4 Å². The summed E-state index contributed by atoms with van der Waals surface area (Å²) in [6.45, 7) is 2.72. The zero-order valence-electron chi connectivity index (χ0n) is 11.5. The zero-order chi connectivity index (χ0) is 13.9. The van der Waals surface area contributed by atoms with Crippen molar-refractivity contribution in [2.75, 3.05) is 7.11 Å². The van der Waals surface area contributed by atoms with Crippen LogP contribution in [0.3, 0.4) is 0 Å². The van der Waals surface area contributed by atoms with Gasteiger partial charge in [0, 0.05) is 12.1 Å². The van der Waals surface area contributed by atoms with Crippen LogP contribution in [0.1, 0.15) is 36.8 Å². The predicted molar refractivity (Wildman–Crippen MR) is 73.4 cm³/mol. The third-order valence-corrected chi connectivity index (χ3v) is 3.93. The number of rotatable bonds is 6. The van der Waals surface area contributed by atoms with Gasteiger partial charge in [0.25, 0.3) is 0 Å². The summed E-state index contributed by atoms with van der Waals surface area (Å²) in [4.78, 5) is 10.9. The molecular weight excluding hydrogens is 242 g/mol. The second-order valence-corrected chi connectivity index (χ2v) is 5.36. The van der Waals surface area contributed by atoms with E-state index >= 15 is 0 Å². The molecule has 4 heteroatoms. The van der Waals surface area contributed by atoms with Gasteiger partial charge in [0.2, 0.25) is 0 Å². The molecule has 104 valence electrons. The Hall–Kier alpha value is -1.55. The monoisotopic (exact) mass is 263 g/mol. The molecule has 19 heavy (non-hydrogen) atoms. The van der Waals surface area contributed by atoms with Crippen LogP contribution >= 0.6 is 0 Å². The van der Waals surface area contributed by atoms with Crippen molar-refractivity contribution < 1.29 is 14.6 Å². The normalized spacial score (nSPS) is 16.7. The lowest BCUT2D eigenvalue weighted by molar-refractivity contribution is -0.139. The Morgan fingerprint density at radius 3 is 2.68 bits per heavy atom. The van der Waals surface area contributed by atoms with E-state index in [0.29, 0.717) is 6.54 Å². The summed E-state index contributed by atoms with van der Waals surface area (Å²) >= 11 is 0. The Labute approximate surface area is 113 Å². The number of hydrogen-bond donors (Lipinski definition) is 2. The Morgan fingerprint density at radius 1 is 1.47 bits per heavy atom.